The van der Waals surface area contributed by atoms with Crippen LogP contribution in [0.3, 0.4) is 0 Å². The van der Waals surface area contributed by atoms with E-state index in [9.17, 15) is 9.59 Å². The molecule has 6 heteroatoms. The first kappa shape index (κ1) is 17.6. The number of ether oxygens (including phenoxy) is 1. The van der Waals surface area contributed by atoms with Gasteiger partial charge in [0.15, 0.2) is 0 Å². The third-order valence-corrected chi connectivity index (χ3v) is 5.10. The van der Waals surface area contributed by atoms with E-state index in [2.05, 4.69) is 4.98 Å². The van der Waals surface area contributed by atoms with Gasteiger partial charge < -0.3 is 15.4 Å². The first-order chi connectivity index (χ1) is 11.8. The monoisotopic (exact) mass is 343 g/mol. The van der Waals surface area contributed by atoms with E-state index in [1.54, 1.807) is 24.5 Å². The van der Waals surface area contributed by atoms with E-state index in [1.165, 1.54) is 0 Å². The Balaban J connectivity index is 1.84. The number of pyridine rings is 1. The number of aromatic nitrogens is 1. The molecule has 2 atom stereocenters. The van der Waals surface area contributed by atoms with Gasteiger partial charge in [0.1, 0.15) is 0 Å². The molecule has 0 aliphatic carbocycles. The summed E-state index contributed by atoms with van der Waals surface area (Å²) in [6.45, 7) is 4.68. The normalized spacial score (nSPS) is 28.1. The molecule has 1 aromatic rings. The zero-order valence-electron chi connectivity index (χ0n) is 14.8. The highest BCUT2D eigenvalue weighted by atomic mass is 16.5. The number of likely N-dealkylation sites (tertiary alicyclic amines) is 1. The van der Waals surface area contributed by atoms with Gasteiger partial charge in [-0.2, -0.15) is 0 Å². The summed E-state index contributed by atoms with van der Waals surface area (Å²) in [7, 11) is 0. The molecule has 0 bridgehead atoms. The molecular formula is C19H25N3O3. The van der Waals surface area contributed by atoms with Crippen LogP contribution in [0.25, 0.3) is 6.08 Å². The van der Waals surface area contributed by atoms with Gasteiger partial charge in [0.05, 0.1) is 23.7 Å². The minimum Gasteiger partial charge on any atom is -0.370 e. The molecule has 2 amide bonds. The maximum absolute atomic E-state index is 12.9. The Morgan fingerprint density at radius 2 is 2.12 bits per heavy atom. The fourth-order valence-electron chi connectivity index (χ4n) is 4.28. The molecule has 1 aromatic heterocycles. The van der Waals surface area contributed by atoms with E-state index in [4.69, 9.17) is 10.5 Å². The highest BCUT2D eigenvalue weighted by Crippen LogP contribution is 2.48. The van der Waals surface area contributed by atoms with Crippen molar-refractivity contribution in [2.24, 2.45) is 5.73 Å². The molecule has 0 radical (unpaired) electrons. The summed E-state index contributed by atoms with van der Waals surface area (Å²) in [4.78, 5) is 30.2. The van der Waals surface area contributed by atoms with Crippen LogP contribution in [0.4, 0.5) is 0 Å². The fraction of sp³-hybridized carbons (Fsp3) is 0.526. The van der Waals surface area contributed by atoms with E-state index in [0.717, 1.165) is 18.4 Å². The number of hydrogen-bond acceptors (Lipinski definition) is 4. The molecule has 2 aliphatic heterocycles. The van der Waals surface area contributed by atoms with Crippen LogP contribution < -0.4 is 5.73 Å². The second kappa shape index (κ2) is 6.59. The molecule has 25 heavy (non-hydrogen) atoms. The molecule has 0 saturated carbocycles. The van der Waals surface area contributed by atoms with Gasteiger partial charge in [-0.3, -0.25) is 14.6 Å². The molecule has 0 aromatic carbocycles. The van der Waals surface area contributed by atoms with Gasteiger partial charge in [0.25, 0.3) is 0 Å². The van der Waals surface area contributed by atoms with Crippen LogP contribution in [0, 0.1) is 0 Å². The van der Waals surface area contributed by atoms with Crippen LogP contribution in [0.15, 0.2) is 30.6 Å². The van der Waals surface area contributed by atoms with Crippen molar-refractivity contribution in [3.05, 3.63) is 36.2 Å². The number of carbonyl (C=O) groups excluding carboxylic acids is 2. The minimum absolute atomic E-state index is 0.0508. The van der Waals surface area contributed by atoms with Gasteiger partial charge in [-0.25, -0.2) is 0 Å². The summed E-state index contributed by atoms with van der Waals surface area (Å²) < 4.78 is 6.11. The van der Waals surface area contributed by atoms with Gasteiger partial charge in [0, 0.05) is 31.4 Å². The van der Waals surface area contributed by atoms with E-state index in [1.807, 2.05) is 30.9 Å². The van der Waals surface area contributed by atoms with Crippen LogP contribution in [-0.2, 0) is 14.3 Å². The SMILES string of the molecule is CC1(C)C[C@]2(CCCN2C(=O)/C=C/c2ccncc2)[C@H](CC(N)=O)O1. The predicted octanol–water partition coefficient (Wildman–Crippen LogP) is 1.90. The Morgan fingerprint density at radius 1 is 1.40 bits per heavy atom. The van der Waals surface area contributed by atoms with E-state index >= 15 is 0 Å². The molecule has 3 heterocycles. The number of carbonyl (C=O) groups is 2. The van der Waals surface area contributed by atoms with Crippen molar-refractivity contribution in [2.45, 2.75) is 56.8 Å². The Morgan fingerprint density at radius 3 is 2.80 bits per heavy atom. The molecule has 3 rings (SSSR count). The van der Waals surface area contributed by atoms with Crippen molar-refractivity contribution in [3.63, 3.8) is 0 Å². The largest absolute Gasteiger partial charge is 0.370 e. The summed E-state index contributed by atoms with van der Waals surface area (Å²) in [5, 5.41) is 0. The molecule has 2 N–H and O–H groups in total. The lowest BCUT2D eigenvalue weighted by Gasteiger charge is -2.38. The maximum atomic E-state index is 12.9. The number of hydrogen-bond donors (Lipinski definition) is 1. The lowest BCUT2D eigenvalue weighted by atomic mass is 9.82. The smallest absolute Gasteiger partial charge is 0.247 e. The number of rotatable bonds is 4. The van der Waals surface area contributed by atoms with Crippen molar-refractivity contribution in [1.82, 2.24) is 9.88 Å². The van der Waals surface area contributed by atoms with Crippen molar-refractivity contribution >= 4 is 17.9 Å². The zero-order valence-corrected chi connectivity index (χ0v) is 14.8. The molecule has 0 unspecified atom stereocenters. The molecule has 2 saturated heterocycles. The van der Waals surface area contributed by atoms with E-state index in [0.29, 0.717) is 13.0 Å². The Hall–Kier alpha value is -2.21. The molecule has 2 aliphatic rings. The van der Waals surface area contributed by atoms with Crippen LogP contribution in [0.2, 0.25) is 0 Å². The third kappa shape index (κ3) is 3.58. The molecule has 134 valence electrons. The van der Waals surface area contributed by atoms with Gasteiger partial charge in [-0.1, -0.05) is 0 Å². The van der Waals surface area contributed by atoms with Gasteiger partial charge in [-0.05, 0) is 50.5 Å². The third-order valence-electron chi connectivity index (χ3n) is 5.10. The van der Waals surface area contributed by atoms with E-state index in [-0.39, 0.29) is 24.0 Å². The molecular weight excluding hydrogens is 318 g/mol. The average Bonchev–Trinajstić information content (AvgIpc) is 3.06. The van der Waals surface area contributed by atoms with Gasteiger partial charge >= 0.3 is 0 Å². The molecule has 6 nitrogen and oxygen atoms in total. The lowest BCUT2D eigenvalue weighted by molar-refractivity contribution is -0.135. The summed E-state index contributed by atoms with van der Waals surface area (Å²) in [6, 6.07) is 3.70. The summed E-state index contributed by atoms with van der Waals surface area (Å²) in [5.74, 6) is -0.446. The number of nitrogens with zero attached hydrogens (tertiary/aromatic N) is 2. The van der Waals surface area contributed by atoms with Crippen molar-refractivity contribution in [2.75, 3.05) is 6.54 Å². The Bertz CT molecular complexity index is 686. The molecule has 2 fully saturated rings. The second-order valence-corrected chi connectivity index (χ2v) is 7.52. The van der Waals surface area contributed by atoms with Gasteiger partial charge in [-0.15, -0.1) is 0 Å². The van der Waals surface area contributed by atoms with Gasteiger partial charge in [0.2, 0.25) is 11.8 Å². The first-order valence-electron chi connectivity index (χ1n) is 8.68. The van der Waals surface area contributed by atoms with Crippen LogP contribution >= 0.6 is 0 Å². The Kier molecular flexibility index (Phi) is 4.64. The summed E-state index contributed by atoms with van der Waals surface area (Å²) in [6.07, 6.45) is 9.02. The maximum Gasteiger partial charge on any atom is 0.247 e. The number of nitrogens with two attached hydrogens (primary N) is 1. The topological polar surface area (TPSA) is 85.5 Å². The lowest BCUT2D eigenvalue weighted by Crippen LogP contribution is -2.53. The van der Waals surface area contributed by atoms with Crippen molar-refractivity contribution in [3.8, 4) is 0 Å². The van der Waals surface area contributed by atoms with Crippen LogP contribution in [0.5, 0.6) is 0 Å². The number of amides is 2. The summed E-state index contributed by atoms with van der Waals surface area (Å²) in [5.41, 5.74) is 5.53. The fourth-order valence-corrected chi connectivity index (χ4v) is 4.28. The Labute approximate surface area is 148 Å². The summed E-state index contributed by atoms with van der Waals surface area (Å²) >= 11 is 0. The predicted molar refractivity (Wildman–Crippen MR) is 94.3 cm³/mol. The standard InChI is InChI=1S/C19H25N3O3/c1-18(2)13-19(15(25-18)12-16(20)23)8-3-11-22(19)17(24)5-4-14-6-9-21-10-7-14/h4-7,9-10,15H,3,8,11-13H2,1-2H3,(H2,20,23)/b5-4+/t15-,19+/m0/s1. The first-order valence-corrected chi connectivity index (χ1v) is 8.68. The van der Waals surface area contributed by atoms with Crippen LogP contribution in [-0.4, -0.2) is 45.5 Å². The minimum atomic E-state index is -0.446. The van der Waals surface area contributed by atoms with E-state index < -0.39 is 11.4 Å². The molecule has 1 spiro atoms. The highest BCUT2D eigenvalue weighted by Gasteiger charge is 2.58. The highest BCUT2D eigenvalue weighted by molar-refractivity contribution is 5.92. The quantitative estimate of drug-likeness (QED) is 0.846. The second-order valence-electron chi connectivity index (χ2n) is 7.52. The zero-order chi connectivity index (χ0) is 18.1. The van der Waals surface area contributed by atoms with Crippen LogP contribution in [0.1, 0.15) is 45.1 Å². The average molecular weight is 343 g/mol. The number of primary amides is 1. The van der Waals surface area contributed by atoms with Crippen molar-refractivity contribution in [1.29, 1.82) is 0 Å². The van der Waals surface area contributed by atoms with Crippen molar-refractivity contribution < 1.29 is 14.3 Å².